The van der Waals surface area contributed by atoms with Crippen LogP contribution >= 0.6 is 0 Å². The predicted octanol–water partition coefficient (Wildman–Crippen LogP) is 1.62. The van der Waals surface area contributed by atoms with Crippen molar-refractivity contribution >= 4 is 5.78 Å². The maximum Gasteiger partial charge on any atom is 0.175 e. The van der Waals surface area contributed by atoms with Gasteiger partial charge in [-0.1, -0.05) is 0 Å². The highest BCUT2D eigenvalue weighted by Crippen LogP contribution is 2.43. The highest BCUT2D eigenvalue weighted by atomic mass is 16.5. The second kappa shape index (κ2) is 4.74. The number of carbonyl (C=O) groups is 1. The van der Waals surface area contributed by atoms with Gasteiger partial charge in [0.15, 0.2) is 28.8 Å². The molecule has 0 atom stereocenters. The molecule has 0 fully saturated rings. The van der Waals surface area contributed by atoms with E-state index in [2.05, 4.69) is 0 Å². The molecule has 1 N–H and O–H groups in total. The van der Waals surface area contributed by atoms with E-state index in [1.165, 1.54) is 34.3 Å². The van der Waals surface area contributed by atoms with Gasteiger partial charge >= 0.3 is 0 Å². The summed E-state index contributed by atoms with van der Waals surface area (Å²) in [5.41, 5.74) is 0.168. The molecular formula is C11H14O5. The van der Waals surface area contributed by atoms with Crippen LogP contribution in [0.2, 0.25) is 0 Å². The molecule has 5 heteroatoms. The van der Waals surface area contributed by atoms with Crippen LogP contribution in [0.15, 0.2) is 6.07 Å². The van der Waals surface area contributed by atoms with E-state index in [0.29, 0.717) is 0 Å². The van der Waals surface area contributed by atoms with Gasteiger partial charge in [-0.2, -0.15) is 0 Å². The third-order valence-corrected chi connectivity index (χ3v) is 2.16. The van der Waals surface area contributed by atoms with Gasteiger partial charge in [0.2, 0.25) is 0 Å². The monoisotopic (exact) mass is 226 g/mol. The molecule has 5 nitrogen and oxygen atoms in total. The summed E-state index contributed by atoms with van der Waals surface area (Å²) in [6.45, 7) is 1.36. The number of carbonyl (C=O) groups excluding carboxylic acids is 1. The van der Waals surface area contributed by atoms with Gasteiger partial charge in [0.1, 0.15) is 5.56 Å². The van der Waals surface area contributed by atoms with Gasteiger partial charge in [0.05, 0.1) is 21.3 Å². The Hall–Kier alpha value is -1.91. The number of methoxy groups -OCH3 is 3. The Morgan fingerprint density at radius 1 is 1.12 bits per heavy atom. The number of rotatable bonds is 4. The highest BCUT2D eigenvalue weighted by molar-refractivity contribution is 6.01. The lowest BCUT2D eigenvalue weighted by atomic mass is 10.1. The summed E-state index contributed by atoms with van der Waals surface area (Å²) in [5.74, 6) is 0.189. The van der Waals surface area contributed by atoms with Crippen molar-refractivity contribution in [2.45, 2.75) is 6.92 Å². The van der Waals surface area contributed by atoms with Crippen LogP contribution in [0.25, 0.3) is 0 Å². The smallest absolute Gasteiger partial charge is 0.175 e. The standard InChI is InChI=1S/C11H14O5/c1-6(12)9-10(15-3)7(13)5-8(14-2)11(9)16-4/h5,13H,1-4H3. The van der Waals surface area contributed by atoms with Gasteiger partial charge in [-0.3, -0.25) is 4.79 Å². The molecule has 0 amide bonds. The van der Waals surface area contributed by atoms with Crippen LogP contribution in [0.3, 0.4) is 0 Å². The van der Waals surface area contributed by atoms with Crippen LogP contribution in [-0.4, -0.2) is 32.2 Å². The Morgan fingerprint density at radius 2 is 1.69 bits per heavy atom. The Labute approximate surface area is 93.6 Å². The minimum Gasteiger partial charge on any atom is -0.504 e. The normalized spacial score (nSPS) is 9.75. The fourth-order valence-corrected chi connectivity index (χ4v) is 1.49. The molecule has 0 spiro atoms. The van der Waals surface area contributed by atoms with Crippen molar-refractivity contribution in [2.75, 3.05) is 21.3 Å². The van der Waals surface area contributed by atoms with Crippen molar-refractivity contribution in [2.24, 2.45) is 0 Å². The molecule has 1 aromatic rings. The summed E-state index contributed by atoms with van der Waals surface area (Å²) in [6.07, 6.45) is 0. The number of aromatic hydroxyl groups is 1. The molecule has 1 aromatic carbocycles. The van der Waals surface area contributed by atoms with Crippen LogP contribution in [0.1, 0.15) is 17.3 Å². The third kappa shape index (κ3) is 1.88. The van der Waals surface area contributed by atoms with E-state index >= 15 is 0 Å². The van der Waals surface area contributed by atoms with E-state index in [9.17, 15) is 9.90 Å². The zero-order valence-electron chi connectivity index (χ0n) is 9.66. The molecular weight excluding hydrogens is 212 g/mol. The Balaban J connectivity index is 3.60. The summed E-state index contributed by atoms with van der Waals surface area (Å²) >= 11 is 0. The van der Waals surface area contributed by atoms with Gasteiger partial charge in [-0.15, -0.1) is 0 Å². The summed E-state index contributed by atoms with van der Waals surface area (Å²) in [4.78, 5) is 11.5. The number of benzene rings is 1. The van der Waals surface area contributed by atoms with Crippen molar-refractivity contribution in [3.8, 4) is 23.0 Å². The van der Waals surface area contributed by atoms with E-state index < -0.39 is 0 Å². The molecule has 0 unspecified atom stereocenters. The Kier molecular flexibility index (Phi) is 3.60. The molecule has 0 bridgehead atoms. The van der Waals surface area contributed by atoms with Crippen LogP contribution in [-0.2, 0) is 0 Å². The van der Waals surface area contributed by atoms with Crippen LogP contribution in [0.4, 0.5) is 0 Å². The molecule has 88 valence electrons. The minimum absolute atomic E-state index is 0.0881. The lowest BCUT2D eigenvalue weighted by Gasteiger charge is -2.15. The number of phenolic OH excluding ortho intramolecular Hbond substituents is 1. The topological polar surface area (TPSA) is 65.0 Å². The zero-order chi connectivity index (χ0) is 12.3. The average Bonchev–Trinajstić information content (AvgIpc) is 2.27. The first-order valence-electron chi connectivity index (χ1n) is 4.59. The van der Waals surface area contributed by atoms with Gasteiger partial charge in [-0.05, 0) is 6.92 Å². The zero-order valence-corrected chi connectivity index (χ0v) is 9.66. The van der Waals surface area contributed by atoms with Gasteiger partial charge in [-0.25, -0.2) is 0 Å². The van der Waals surface area contributed by atoms with Crippen LogP contribution in [0.5, 0.6) is 23.0 Å². The SMILES string of the molecule is COc1cc(O)c(OC)c(C(C)=O)c1OC. The number of ether oxygens (including phenoxy) is 3. The van der Waals surface area contributed by atoms with Crippen molar-refractivity contribution in [1.82, 2.24) is 0 Å². The van der Waals surface area contributed by atoms with E-state index in [0.717, 1.165) is 0 Å². The van der Waals surface area contributed by atoms with Crippen LogP contribution < -0.4 is 14.2 Å². The van der Waals surface area contributed by atoms with Crippen molar-refractivity contribution in [3.63, 3.8) is 0 Å². The largest absolute Gasteiger partial charge is 0.504 e. The summed E-state index contributed by atoms with van der Waals surface area (Å²) in [5, 5.41) is 9.66. The molecule has 0 saturated heterocycles. The molecule has 16 heavy (non-hydrogen) atoms. The van der Waals surface area contributed by atoms with Gasteiger partial charge in [0, 0.05) is 6.07 Å². The minimum atomic E-state index is -0.275. The fraction of sp³-hybridized carbons (Fsp3) is 0.364. The Morgan fingerprint density at radius 3 is 2.06 bits per heavy atom. The van der Waals surface area contributed by atoms with Crippen LogP contribution in [0, 0.1) is 0 Å². The fourth-order valence-electron chi connectivity index (χ4n) is 1.49. The second-order valence-corrected chi connectivity index (χ2v) is 3.10. The molecule has 0 heterocycles. The van der Waals surface area contributed by atoms with E-state index in [1.807, 2.05) is 0 Å². The lowest BCUT2D eigenvalue weighted by Crippen LogP contribution is -2.03. The Bertz CT molecular complexity index is 411. The van der Waals surface area contributed by atoms with E-state index in [1.54, 1.807) is 0 Å². The number of hydrogen-bond donors (Lipinski definition) is 1. The molecule has 1 rings (SSSR count). The molecule has 0 saturated carbocycles. The second-order valence-electron chi connectivity index (χ2n) is 3.10. The molecule has 0 radical (unpaired) electrons. The lowest BCUT2D eigenvalue weighted by molar-refractivity contribution is 0.101. The molecule has 0 aromatic heterocycles. The van der Waals surface area contributed by atoms with Gasteiger partial charge < -0.3 is 19.3 Å². The third-order valence-electron chi connectivity index (χ3n) is 2.16. The molecule has 0 aliphatic heterocycles. The summed E-state index contributed by atoms with van der Waals surface area (Å²) in [6, 6.07) is 1.34. The van der Waals surface area contributed by atoms with Crippen molar-refractivity contribution in [3.05, 3.63) is 11.6 Å². The maximum atomic E-state index is 11.5. The maximum absolute atomic E-state index is 11.5. The van der Waals surface area contributed by atoms with Gasteiger partial charge in [0.25, 0.3) is 0 Å². The number of hydrogen-bond acceptors (Lipinski definition) is 5. The highest BCUT2D eigenvalue weighted by Gasteiger charge is 2.23. The first kappa shape index (κ1) is 12.2. The number of Topliss-reactive ketones (excluding diaryl/α,β-unsaturated/α-hetero) is 1. The number of phenols is 1. The first-order chi connectivity index (χ1) is 7.56. The first-order valence-corrected chi connectivity index (χ1v) is 4.59. The predicted molar refractivity (Wildman–Crippen MR) is 57.8 cm³/mol. The average molecular weight is 226 g/mol. The summed E-state index contributed by atoms with van der Waals surface area (Å²) in [7, 11) is 4.21. The van der Waals surface area contributed by atoms with Crippen molar-refractivity contribution < 1.29 is 24.1 Å². The number of ketones is 1. The van der Waals surface area contributed by atoms with E-state index in [4.69, 9.17) is 14.2 Å². The summed E-state index contributed by atoms with van der Waals surface area (Å²) < 4.78 is 15.1. The molecule has 0 aliphatic carbocycles. The van der Waals surface area contributed by atoms with E-state index in [-0.39, 0.29) is 34.3 Å². The molecule has 0 aliphatic rings. The quantitative estimate of drug-likeness (QED) is 0.790. The van der Waals surface area contributed by atoms with Crippen molar-refractivity contribution in [1.29, 1.82) is 0 Å².